The summed E-state index contributed by atoms with van der Waals surface area (Å²) < 4.78 is 5.59. The Morgan fingerprint density at radius 3 is 2.37 bits per heavy atom. The molecular weight excluding hydrogens is 376 g/mol. The van der Waals surface area contributed by atoms with Crippen LogP contribution in [0.3, 0.4) is 0 Å². The molecule has 1 unspecified atom stereocenters. The number of piperazine rings is 1. The summed E-state index contributed by atoms with van der Waals surface area (Å²) in [6, 6.07) is 19.6. The van der Waals surface area contributed by atoms with Crippen molar-refractivity contribution in [2.75, 3.05) is 38.2 Å². The number of allylic oxidation sites excluding steroid dienone is 2. The van der Waals surface area contributed by atoms with Gasteiger partial charge in [-0.3, -0.25) is 4.90 Å². The lowest BCUT2D eigenvalue weighted by Crippen LogP contribution is -2.46. The van der Waals surface area contributed by atoms with Gasteiger partial charge in [0.15, 0.2) is 0 Å². The average molecular weight is 403 g/mol. The van der Waals surface area contributed by atoms with Crippen molar-refractivity contribution in [2.24, 2.45) is 0 Å². The number of nitrogens with zero attached hydrogens (tertiary/aromatic N) is 2. The molecule has 0 N–H and O–H groups in total. The summed E-state index contributed by atoms with van der Waals surface area (Å²) in [6.07, 6.45) is 4.22. The van der Waals surface area contributed by atoms with Gasteiger partial charge in [0, 0.05) is 43.3 Å². The molecule has 0 amide bonds. The predicted octanol–water partition coefficient (Wildman–Crippen LogP) is 4.81. The Labute approximate surface area is 171 Å². The summed E-state index contributed by atoms with van der Waals surface area (Å²) in [6.45, 7) is 5.39. The van der Waals surface area contributed by atoms with Crippen molar-refractivity contribution >= 4 is 29.0 Å². The fraction of sp³-hybridized carbons (Fsp3) is 0.273. The third-order valence-electron chi connectivity index (χ3n) is 5.06. The van der Waals surface area contributed by atoms with Gasteiger partial charge < -0.3 is 9.64 Å². The first-order chi connectivity index (χ1) is 12.8. The zero-order chi connectivity index (χ0) is 17.8. The first kappa shape index (κ1) is 19.9. The molecule has 2 aromatic rings. The van der Waals surface area contributed by atoms with E-state index in [2.05, 4.69) is 82.0 Å². The van der Waals surface area contributed by atoms with Crippen LogP contribution in [0.1, 0.15) is 5.56 Å². The molecule has 144 valence electrons. The molecule has 1 saturated heterocycles. The maximum Gasteiger partial charge on any atom is 0.140 e. The number of methoxy groups -OCH3 is 1. The minimum absolute atomic E-state index is 0. The Balaban J connectivity index is 0.00000210. The highest BCUT2D eigenvalue weighted by molar-refractivity contribution is 8.23. The van der Waals surface area contributed by atoms with E-state index >= 15 is 0 Å². The van der Waals surface area contributed by atoms with Gasteiger partial charge in [0.25, 0.3) is 0 Å². The fourth-order valence-corrected chi connectivity index (χ4v) is 5.60. The van der Waals surface area contributed by atoms with Gasteiger partial charge in [0.1, 0.15) is 5.09 Å². The number of hydrogen-bond acceptors (Lipinski definition) is 3. The lowest BCUT2D eigenvalue weighted by molar-refractivity contribution is 0.248. The van der Waals surface area contributed by atoms with Crippen LogP contribution >= 0.6 is 23.3 Å². The Morgan fingerprint density at radius 1 is 0.926 bits per heavy atom. The van der Waals surface area contributed by atoms with Gasteiger partial charge in [0.2, 0.25) is 0 Å². The molecule has 0 aromatic heterocycles. The molecule has 0 radical (unpaired) electrons. The van der Waals surface area contributed by atoms with E-state index in [4.69, 9.17) is 4.74 Å². The van der Waals surface area contributed by atoms with Crippen LogP contribution in [-0.4, -0.2) is 38.2 Å². The summed E-state index contributed by atoms with van der Waals surface area (Å²) in [5, 5.41) is 3.39. The minimum Gasteiger partial charge on any atom is -0.492 e. The number of ether oxygens (including phenoxy) is 1. The summed E-state index contributed by atoms with van der Waals surface area (Å²) in [4.78, 5) is 6.48. The molecule has 0 saturated carbocycles. The zero-order valence-electron chi connectivity index (χ0n) is 15.6. The highest BCUT2D eigenvalue weighted by Crippen LogP contribution is 2.50. The maximum atomic E-state index is 5.59. The second kappa shape index (κ2) is 9.36. The van der Waals surface area contributed by atoms with Crippen LogP contribution in [0.2, 0.25) is 0 Å². The third kappa shape index (κ3) is 4.52. The quantitative estimate of drug-likeness (QED) is 0.723. The van der Waals surface area contributed by atoms with E-state index in [9.17, 15) is 0 Å². The van der Waals surface area contributed by atoms with Crippen molar-refractivity contribution < 1.29 is 4.74 Å². The van der Waals surface area contributed by atoms with Crippen LogP contribution < -0.4 is 4.90 Å². The van der Waals surface area contributed by atoms with E-state index in [0.717, 1.165) is 37.8 Å². The molecule has 0 aliphatic carbocycles. The standard InChI is InChI=1S/C22H26N2OS.ClH/c1-25-22-12-7-17-26(22)21-11-6-5-8-19(21)18-23-13-15-24(16-14-23)20-9-3-2-4-10-20;/h2-12,17,26H,13-16,18H2,1H3;1H. The van der Waals surface area contributed by atoms with Gasteiger partial charge in [-0.2, -0.15) is 0 Å². The molecular formula is C22H27ClN2OS. The molecule has 0 bridgehead atoms. The normalized spacial score (nSPS) is 20.9. The summed E-state index contributed by atoms with van der Waals surface area (Å²) in [5.74, 6) is 0. The number of anilines is 1. The number of thiol groups is 1. The van der Waals surface area contributed by atoms with Crippen LogP contribution in [0.4, 0.5) is 5.69 Å². The number of hydrogen-bond donors (Lipinski definition) is 1. The van der Waals surface area contributed by atoms with Crippen LogP contribution in [0, 0.1) is 0 Å². The van der Waals surface area contributed by atoms with Crippen molar-refractivity contribution in [1.29, 1.82) is 0 Å². The first-order valence-corrected chi connectivity index (χ1v) is 10.6. The minimum atomic E-state index is -0.475. The molecule has 2 aliphatic rings. The monoisotopic (exact) mass is 402 g/mol. The molecule has 2 aliphatic heterocycles. The van der Waals surface area contributed by atoms with E-state index in [0.29, 0.717) is 0 Å². The van der Waals surface area contributed by atoms with Crippen LogP contribution in [0.15, 0.2) is 82.1 Å². The number of para-hydroxylation sites is 1. The van der Waals surface area contributed by atoms with E-state index in [-0.39, 0.29) is 12.4 Å². The lowest BCUT2D eigenvalue weighted by atomic mass is 10.2. The van der Waals surface area contributed by atoms with E-state index < -0.39 is 10.9 Å². The Morgan fingerprint density at radius 2 is 1.63 bits per heavy atom. The van der Waals surface area contributed by atoms with Gasteiger partial charge >= 0.3 is 0 Å². The van der Waals surface area contributed by atoms with Crippen molar-refractivity contribution in [3.05, 3.63) is 82.8 Å². The SMILES string of the molecule is COC1=CC=C[SH]1c1ccccc1CN1CCN(c2ccccc2)CC1.Cl. The topological polar surface area (TPSA) is 15.7 Å². The van der Waals surface area contributed by atoms with Gasteiger partial charge in [-0.25, -0.2) is 0 Å². The van der Waals surface area contributed by atoms with Gasteiger partial charge in [-0.05, 0) is 35.2 Å². The molecule has 2 aromatic carbocycles. The van der Waals surface area contributed by atoms with Crippen LogP contribution in [0.5, 0.6) is 0 Å². The number of rotatable bonds is 5. The summed E-state index contributed by atoms with van der Waals surface area (Å²) >= 11 is 0. The second-order valence-electron chi connectivity index (χ2n) is 6.65. The van der Waals surface area contributed by atoms with Crippen molar-refractivity contribution in [3.63, 3.8) is 0 Å². The van der Waals surface area contributed by atoms with Crippen molar-refractivity contribution in [3.8, 4) is 0 Å². The highest BCUT2D eigenvalue weighted by Gasteiger charge is 2.21. The molecule has 5 heteroatoms. The molecule has 0 spiro atoms. The first-order valence-electron chi connectivity index (χ1n) is 9.17. The maximum absolute atomic E-state index is 5.59. The Bertz CT molecular complexity index is 801. The van der Waals surface area contributed by atoms with E-state index in [1.54, 1.807) is 7.11 Å². The number of benzene rings is 2. The van der Waals surface area contributed by atoms with Crippen molar-refractivity contribution in [2.45, 2.75) is 11.4 Å². The van der Waals surface area contributed by atoms with E-state index in [1.807, 2.05) is 0 Å². The van der Waals surface area contributed by atoms with Crippen LogP contribution in [-0.2, 0) is 11.3 Å². The summed E-state index contributed by atoms with van der Waals surface area (Å²) in [5.41, 5.74) is 2.77. The zero-order valence-corrected chi connectivity index (χ0v) is 17.3. The van der Waals surface area contributed by atoms with Gasteiger partial charge in [0.05, 0.1) is 7.11 Å². The van der Waals surface area contributed by atoms with Crippen molar-refractivity contribution in [1.82, 2.24) is 4.90 Å². The second-order valence-corrected chi connectivity index (χ2v) is 8.61. The Kier molecular flexibility index (Phi) is 6.89. The number of halogens is 1. The lowest BCUT2D eigenvalue weighted by Gasteiger charge is -2.36. The predicted molar refractivity (Wildman–Crippen MR) is 119 cm³/mol. The smallest absolute Gasteiger partial charge is 0.140 e. The highest BCUT2D eigenvalue weighted by atomic mass is 35.5. The molecule has 3 nitrogen and oxygen atoms in total. The molecule has 1 fully saturated rings. The molecule has 1 atom stereocenters. The molecule has 4 rings (SSSR count). The average Bonchev–Trinajstić information content (AvgIpc) is 3.18. The fourth-order valence-electron chi connectivity index (χ4n) is 3.65. The largest absolute Gasteiger partial charge is 0.492 e. The van der Waals surface area contributed by atoms with Crippen LogP contribution in [0.25, 0.3) is 0 Å². The van der Waals surface area contributed by atoms with Gasteiger partial charge in [-0.15, -0.1) is 23.3 Å². The third-order valence-corrected chi connectivity index (χ3v) is 7.29. The summed E-state index contributed by atoms with van der Waals surface area (Å²) in [7, 11) is 1.30. The Hall–Kier alpha value is -1.88. The molecule has 27 heavy (non-hydrogen) atoms. The van der Waals surface area contributed by atoms with E-state index in [1.165, 1.54) is 16.1 Å². The molecule has 2 heterocycles. The van der Waals surface area contributed by atoms with Gasteiger partial charge in [-0.1, -0.05) is 42.5 Å².